The second-order valence-corrected chi connectivity index (χ2v) is 7.76. The number of aryl methyl sites for hydroxylation is 2. The number of hydrogen-bond acceptors (Lipinski definition) is 4. The highest BCUT2D eigenvalue weighted by Crippen LogP contribution is 2.34. The Kier molecular flexibility index (Phi) is 4.43. The fourth-order valence-electron chi connectivity index (χ4n) is 4.02. The number of hydrogen-bond donors (Lipinski definition) is 1. The number of piperidine rings is 1. The van der Waals surface area contributed by atoms with Crippen LogP contribution in [0.1, 0.15) is 60.6 Å². The van der Waals surface area contributed by atoms with Gasteiger partial charge in [-0.2, -0.15) is 0 Å². The van der Waals surface area contributed by atoms with Crippen LogP contribution in [0.4, 0.5) is 0 Å². The van der Waals surface area contributed by atoms with Crippen molar-refractivity contribution in [2.24, 2.45) is 0 Å². The molecule has 0 bridgehead atoms. The van der Waals surface area contributed by atoms with Gasteiger partial charge in [-0.15, -0.1) is 11.3 Å². The zero-order valence-electron chi connectivity index (χ0n) is 13.0. The fraction of sp³-hybridized carbons (Fsp3) is 0.812. The van der Waals surface area contributed by atoms with Gasteiger partial charge in [-0.05, 0) is 59.5 Å². The Hall–Kier alpha value is -0.450. The van der Waals surface area contributed by atoms with Gasteiger partial charge >= 0.3 is 0 Å². The summed E-state index contributed by atoms with van der Waals surface area (Å²) in [5.41, 5.74) is 1.32. The van der Waals surface area contributed by atoms with E-state index in [1.165, 1.54) is 60.8 Å². The topological polar surface area (TPSA) is 28.2 Å². The average Bonchev–Trinajstić information content (AvgIpc) is 3.07. The van der Waals surface area contributed by atoms with E-state index in [4.69, 9.17) is 4.98 Å². The molecule has 2 aliphatic rings. The molecule has 0 radical (unpaired) electrons. The molecule has 3 rings (SSSR count). The van der Waals surface area contributed by atoms with Crippen LogP contribution in [0.2, 0.25) is 0 Å². The number of rotatable bonds is 3. The monoisotopic (exact) mass is 293 g/mol. The lowest BCUT2D eigenvalue weighted by atomic mass is 9.92. The molecule has 20 heavy (non-hydrogen) atoms. The highest BCUT2D eigenvalue weighted by molar-refractivity contribution is 7.11. The number of nitrogens with zero attached hydrogens (tertiary/aromatic N) is 2. The van der Waals surface area contributed by atoms with Crippen LogP contribution in [0.25, 0.3) is 0 Å². The van der Waals surface area contributed by atoms with Crippen LogP contribution >= 0.6 is 11.3 Å². The first-order valence-electron chi connectivity index (χ1n) is 8.10. The maximum Gasteiger partial charge on any atom is 0.0900 e. The van der Waals surface area contributed by atoms with Gasteiger partial charge < -0.3 is 5.32 Å². The second kappa shape index (κ2) is 6.12. The van der Waals surface area contributed by atoms with Crippen LogP contribution in [-0.4, -0.2) is 35.1 Å². The molecule has 4 heteroatoms. The van der Waals surface area contributed by atoms with E-state index in [0.717, 1.165) is 0 Å². The first-order valence-corrected chi connectivity index (χ1v) is 8.91. The summed E-state index contributed by atoms with van der Waals surface area (Å²) in [5, 5.41) is 4.93. The molecule has 112 valence electrons. The minimum atomic E-state index is 0.465. The Balaban J connectivity index is 1.79. The molecule has 0 aromatic carbocycles. The van der Waals surface area contributed by atoms with Crippen molar-refractivity contribution in [2.45, 2.75) is 71.0 Å². The van der Waals surface area contributed by atoms with Crippen LogP contribution in [-0.2, 0) is 0 Å². The number of aromatic nitrogens is 1. The summed E-state index contributed by atoms with van der Waals surface area (Å²) in [7, 11) is 0. The Morgan fingerprint density at radius 3 is 2.75 bits per heavy atom. The van der Waals surface area contributed by atoms with Gasteiger partial charge in [-0.1, -0.05) is 6.42 Å². The number of thiazole rings is 1. The van der Waals surface area contributed by atoms with E-state index in [9.17, 15) is 0 Å². The normalized spacial score (nSPS) is 29.8. The Morgan fingerprint density at radius 2 is 2.10 bits per heavy atom. The van der Waals surface area contributed by atoms with Crippen molar-refractivity contribution in [3.63, 3.8) is 0 Å². The predicted molar refractivity (Wildman–Crippen MR) is 85.4 cm³/mol. The lowest BCUT2D eigenvalue weighted by Crippen LogP contribution is -2.51. The molecule has 2 saturated heterocycles. The van der Waals surface area contributed by atoms with Crippen molar-refractivity contribution in [1.82, 2.24) is 15.2 Å². The number of nitrogens with one attached hydrogen (secondary N) is 1. The van der Waals surface area contributed by atoms with Crippen molar-refractivity contribution in [3.8, 4) is 0 Å². The average molecular weight is 293 g/mol. The highest BCUT2D eigenvalue weighted by atomic mass is 32.1. The summed E-state index contributed by atoms with van der Waals surface area (Å²) in [4.78, 5) is 8.93. The van der Waals surface area contributed by atoms with Crippen molar-refractivity contribution >= 4 is 11.3 Å². The van der Waals surface area contributed by atoms with Gasteiger partial charge in [0.25, 0.3) is 0 Å². The smallest absolute Gasteiger partial charge is 0.0900 e. The van der Waals surface area contributed by atoms with Crippen LogP contribution in [0, 0.1) is 13.8 Å². The molecule has 0 spiro atoms. The summed E-state index contributed by atoms with van der Waals surface area (Å²) in [5.74, 6) is 0. The fourth-order valence-corrected chi connectivity index (χ4v) is 4.93. The molecule has 0 amide bonds. The molecular formula is C16H27N3S. The third-order valence-electron chi connectivity index (χ3n) is 4.99. The Labute approximate surface area is 126 Å². The van der Waals surface area contributed by atoms with Gasteiger partial charge in [0.2, 0.25) is 0 Å². The van der Waals surface area contributed by atoms with Crippen LogP contribution in [0.15, 0.2) is 0 Å². The Morgan fingerprint density at radius 1 is 1.25 bits per heavy atom. The number of likely N-dealkylation sites (tertiary alicyclic amines) is 1. The molecule has 3 nitrogen and oxygen atoms in total. The maximum absolute atomic E-state index is 4.80. The summed E-state index contributed by atoms with van der Waals surface area (Å²) in [6.45, 7) is 9.15. The van der Waals surface area contributed by atoms with Crippen molar-refractivity contribution < 1.29 is 0 Å². The van der Waals surface area contributed by atoms with Gasteiger partial charge in [-0.25, -0.2) is 4.98 Å². The standard InChI is InChI=1S/C16H27N3S/c1-11(16-12(2)20-13(3)18-16)19-10-5-4-8-15(19)14-7-6-9-17-14/h11,14-15,17H,4-10H2,1-3H3. The summed E-state index contributed by atoms with van der Waals surface area (Å²) >= 11 is 1.84. The molecule has 1 aromatic rings. The molecule has 0 aliphatic carbocycles. The van der Waals surface area contributed by atoms with Crippen molar-refractivity contribution in [2.75, 3.05) is 13.1 Å². The molecule has 3 heterocycles. The van der Waals surface area contributed by atoms with E-state index in [2.05, 4.69) is 31.0 Å². The first kappa shape index (κ1) is 14.5. The molecule has 2 fully saturated rings. The lowest BCUT2D eigenvalue weighted by Gasteiger charge is -2.42. The largest absolute Gasteiger partial charge is 0.312 e. The van der Waals surface area contributed by atoms with Gasteiger partial charge in [0.15, 0.2) is 0 Å². The van der Waals surface area contributed by atoms with Gasteiger partial charge in [0.05, 0.1) is 16.7 Å². The first-order chi connectivity index (χ1) is 9.66. The SMILES string of the molecule is Cc1nc(C(C)N2CCCCC2C2CCCN2)c(C)s1. The summed E-state index contributed by atoms with van der Waals surface area (Å²) < 4.78 is 0. The quantitative estimate of drug-likeness (QED) is 0.925. The summed E-state index contributed by atoms with van der Waals surface area (Å²) in [6, 6.07) is 1.88. The maximum atomic E-state index is 4.80. The van der Waals surface area contributed by atoms with E-state index in [1.807, 2.05) is 11.3 Å². The zero-order chi connectivity index (χ0) is 14.1. The minimum Gasteiger partial charge on any atom is -0.312 e. The van der Waals surface area contributed by atoms with Crippen LogP contribution in [0.3, 0.4) is 0 Å². The third kappa shape index (κ3) is 2.78. The van der Waals surface area contributed by atoms with Crippen LogP contribution < -0.4 is 5.32 Å². The molecule has 3 atom stereocenters. The predicted octanol–water partition coefficient (Wildman–Crippen LogP) is 3.43. The van der Waals surface area contributed by atoms with E-state index < -0.39 is 0 Å². The van der Waals surface area contributed by atoms with E-state index in [-0.39, 0.29) is 0 Å². The van der Waals surface area contributed by atoms with Gasteiger partial charge in [0, 0.05) is 17.0 Å². The van der Waals surface area contributed by atoms with Crippen molar-refractivity contribution in [1.29, 1.82) is 0 Å². The molecule has 3 unspecified atom stereocenters. The highest BCUT2D eigenvalue weighted by Gasteiger charge is 2.35. The van der Waals surface area contributed by atoms with E-state index in [1.54, 1.807) is 0 Å². The molecule has 0 saturated carbocycles. The second-order valence-electron chi connectivity index (χ2n) is 6.35. The minimum absolute atomic E-state index is 0.465. The summed E-state index contributed by atoms with van der Waals surface area (Å²) in [6.07, 6.45) is 6.78. The third-order valence-corrected chi connectivity index (χ3v) is 5.89. The zero-order valence-corrected chi connectivity index (χ0v) is 13.8. The molecule has 1 aromatic heterocycles. The van der Waals surface area contributed by atoms with Crippen molar-refractivity contribution in [3.05, 3.63) is 15.6 Å². The van der Waals surface area contributed by atoms with E-state index in [0.29, 0.717) is 18.1 Å². The molecular weight excluding hydrogens is 266 g/mol. The van der Waals surface area contributed by atoms with Gasteiger partial charge in [0.1, 0.15) is 0 Å². The van der Waals surface area contributed by atoms with Gasteiger partial charge in [-0.3, -0.25) is 4.90 Å². The Bertz CT molecular complexity index is 451. The van der Waals surface area contributed by atoms with E-state index >= 15 is 0 Å². The molecule has 1 N–H and O–H groups in total. The molecule has 2 aliphatic heterocycles. The van der Waals surface area contributed by atoms with Crippen LogP contribution in [0.5, 0.6) is 0 Å². The lowest BCUT2D eigenvalue weighted by molar-refractivity contribution is 0.0784.